The number of para-hydroxylation sites is 1. The van der Waals surface area contributed by atoms with E-state index < -0.39 is 11.9 Å². The molecule has 0 spiro atoms. The van der Waals surface area contributed by atoms with Crippen molar-refractivity contribution in [2.75, 3.05) is 31.5 Å². The highest BCUT2D eigenvalue weighted by Crippen LogP contribution is 2.23. The van der Waals surface area contributed by atoms with E-state index in [4.69, 9.17) is 9.94 Å². The first-order chi connectivity index (χ1) is 18.8. The van der Waals surface area contributed by atoms with Crippen LogP contribution >= 0.6 is 0 Å². The number of amides is 4. The minimum Gasteiger partial charge on any atom is -0.457 e. The Bertz CT molecular complexity index is 1190. The highest BCUT2D eigenvalue weighted by atomic mass is 16.5. The number of hydrogen-bond acceptors (Lipinski definition) is 5. The molecule has 0 saturated carbocycles. The van der Waals surface area contributed by atoms with E-state index in [1.54, 1.807) is 29.7 Å². The number of hydrogen-bond donors (Lipinski definition) is 3. The van der Waals surface area contributed by atoms with Gasteiger partial charge < -0.3 is 19.9 Å². The largest absolute Gasteiger partial charge is 0.457 e. The van der Waals surface area contributed by atoms with E-state index in [1.165, 1.54) is 9.80 Å². The van der Waals surface area contributed by atoms with Gasteiger partial charge >= 0.3 is 6.03 Å². The maximum atomic E-state index is 13.3. The monoisotopic (exact) mass is 532 g/mol. The summed E-state index contributed by atoms with van der Waals surface area (Å²) in [7, 11) is 0. The molecule has 3 N–H and O–H groups in total. The molecule has 3 aromatic carbocycles. The summed E-state index contributed by atoms with van der Waals surface area (Å²) in [4.78, 5) is 41.0. The predicted octanol–water partition coefficient (Wildman–Crippen LogP) is 4.94. The second-order valence-corrected chi connectivity index (χ2v) is 9.58. The lowest BCUT2D eigenvalue weighted by Gasteiger charge is -2.28. The third-order valence-corrected chi connectivity index (χ3v) is 5.83. The lowest BCUT2D eigenvalue weighted by atomic mass is 10.1. The number of nitrogens with zero attached hydrogens (tertiary/aromatic N) is 2. The van der Waals surface area contributed by atoms with Crippen molar-refractivity contribution in [2.45, 2.75) is 26.7 Å². The second kappa shape index (κ2) is 15.1. The van der Waals surface area contributed by atoms with Crippen LogP contribution in [-0.4, -0.2) is 59.0 Å². The van der Waals surface area contributed by atoms with Crippen molar-refractivity contribution in [2.24, 2.45) is 5.92 Å². The maximum Gasteiger partial charge on any atom is 0.322 e. The van der Waals surface area contributed by atoms with E-state index in [1.807, 2.05) is 74.5 Å². The summed E-state index contributed by atoms with van der Waals surface area (Å²) >= 11 is 0. The third-order valence-electron chi connectivity index (χ3n) is 5.83. The number of carbonyl (C=O) groups is 3. The number of nitrogens with one attached hydrogen (secondary N) is 2. The summed E-state index contributed by atoms with van der Waals surface area (Å²) in [6.45, 7) is 3.99. The first kappa shape index (κ1) is 29.2. The normalized spacial score (nSPS) is 10.6. The molecule has 0 aliphatic carbocycles. The summed E-state index contributed by atoms with van der Waals surface area (Å²) in [5.41, 5.74) is 3.26. The molecule has 0 aliphatic heterocycles. The molecule has 39 heavy (non-hydrogen) atoms. The first-order valence-electron chi connectivity index (χ1n) is 13.0. The van der Waals surface area contributed by atoms with Gasteiger partial charge in [0.25, 0.3) is 5.91 Å². The van der Waals surface area contributed by atoms with Crippen molar-refractivity contribution < 1.29 is 24.3 Å². The first-order valence-corrected chi connectivity index (χ1v) is 13.0. The highest BCUT2D eigenvalue weighted by molar-refractivity contribution is 5.93. The SMILES string of the molecule is CC(C)CN(CC(=O)NO)C(=O)CN(CCCc1ccccc1)C(=O)Nc1ccc(Oc2ccccc2)cc1. The number of ether oxygens (including phenoxy) is 1. The Kier molecular flexibility index (Phi) is 11.3. The Hall–Kier alpha value is -4.37. The maximum absolute atomic E-state index is 13.3. The molecule has 4 amide bonds. The Morgan fingerprint density at radius 2 is 1.44 bits per heavy atom. The molecular formula is C30H36N4O5. The van der Waals surface area contributed by atoms with E-state index in [0.29, 0.717) is 36.7 Å². The number of anilines is 1. The number of benzene rings is 3. The van der Waals surface area contributed by atoms with Crippen molar-refractivity contribution in [3.63, 3.8) is 0 Å². The van der Waals surface area contributed by atoms with E-state index >= 15 is 0 Å². The minimum absolute atomic E-state index is 0.0948. The molecule has 9 heteroatoms. The zero-order chi connectivity index (χ0) is 28.0. The zero-order valence-electron chi connectivity index (χ0n) is 22.4. The molecule has 0 fully saturated rings. The van der Waals surface area contributed by atoms with Crippen LogP contribution in [0.25, 0.3) is 0 Å². The van der Waals surface area contributed by atoms with Gasteiger partial charge in [-0.3, -0.25) is 14.8 Å². The average Bonchev–Trinajstić information content (AvgIpc) is 2.94. The van der Waals surface area contributed by atoms with Gasteiger partial charge in [-0.1, -0.05) is 62.4 Å². The van der Waals surface area contributed by atoms with Gasteiger partial charge in [0.05, 0.1) is 0 Å². The molecule has 0 aromatic heterocycles. The molecule has 9 nitrogen and oxygen atoms in total. The summed E-state index contributed by atoms with van der Waals surface area (Å²) in [6.07, 6.45) is 1.39. The summed E-state index contributed by atoms with van der Waals surface area (Å²) < 4.78 is 5.81. The highest BCUT2D eigenvalue weighted by Gasteiger charge is 2.23. The van der Waals surface area contributed by atoms with Crippen molar-refractivity contribution in [1.82, 2.24) is 15.3 Å². The van der Waals surface area contributed by atoms with Crippen LogP contribution in [0.2, 0.25) is 0 Å². The van der Waals surface area contributed by atoms with Crippen LogP contribution in [0.5, 0.6) is 11.5 Å². The molecule has 0 saturated heterocycles. The molecule has 3 rings (SSSR count). The van der Waals surface area contributed by atoms with E-state index in [-0.39, 0.29) is 24.9 Å². The van der Waals surface area contributed by atoms with Crippen molar-refractivity contribution in [1.29, 1.82) is 0 Å². The van der Waals surface area contributed by atoms with Gasteiger partial charge in [0.15, 0.2) is 0 Å². The number of hydroxylamine groups is 1. The topological polar surface area (TPSA) is 111 Å². The molecule has 0 heterocycles. The van der Waals surface area contributed by atoms with E-state index in [9.17, 15) is 14.4 Å². The Morgan fingerprint density at radius 1 is 0.821 bits per heavy atom. The average molecular weight is 533 g/mol. The minimum atomic E-state index is -0.693. The number of urea groups is 1. The molecule has 0 unspecified atom stereocenters. The van der Waals surface area contributed by atoms with Crippen LogP contribution < -0.4 is 15.5 Å². The Morgan fingerprint density at radius 3 is 2.05 bits per heavy atom. The van der Waals surface area contributed by atoms with Crippen LogP contribution in [0.3, 0.4) is 0 Å². The number of carbonyl (C=O) groups excluding carboxylic acids is 3. The van der Waals surface area contributed by atoms with Crippen molar-refractivity contribution in [3.8, 4) is 11.5 Å². The lowest BCUT2D eigenvalue weighted by molar-refractivity contribution is -0.140. The van der Waals surface area contributed by atoms with Gasteiger partial charge in [-0.25, -0.2) is 10.3 Å². The quantitative estimate of drug-likeness (QED) is 0.213. The van der Waals surface area contributed by atoms with E-state index in [2.05, 4.69) is 5.32 Å². The summed E-state index contributed by atoms with van der Waals surface area (Å²) in [5, 5.41) is 11.8. The number of rotatable bonds is 13. The fraction of sp³-hybridized carbons (Fsp3) is 0.300. The molecule has 3 aromatic rings. The lowest BCUT2D eigenvalue weighted by Crippen LogP contribution is -2.48. The molecule has 0 bridgehead atoms. The fourth-order valence-electron chi connectivity index (χ4n) is 3.97. The fourth-order valence-corrected chi connectivity index (χ4v) is 3.97. The molecular weight excluding hydrogens is 496 g/mol. The van der Waals surface area contributed by atoms with Gasteiger partial charge in [-0.2, -0.15) is 0 Å². The van der Waals surface area contributed by atoms with Crippen LogP contribution in [0.4, 0.5) is 10.5 Å². The van der Waals surface area contributed by atoms with Crippen LogP contribution in [-0.2, 0) is 16.0 Å². The van der Waals surface area contributed by atoms with Crippen LogP contribution in [0.1, 0.15) is 25.8 Å². The van der Waals surface area contributed by atoms with Crippen LogP contribution in [0, 0.1) is 5.92 Å². The van der Waals surface area contributed by atoms with Crippen molar-refractivity contribution in [3.05, 3.63) is 90.5 Å². The van der Waals surface area contributed by atoms with Crippen molar-refractivity contribution >= 4 is 23.5 Å². The predicted molar refractivity (Wildman–Crippen MR) is 150 cm³/mol. The molecule has 206 valence electrons. The van der Waals surface area contributed by atoms with Gasteiger partial charge in [0.2, 0.25) is 5.91 Å². The summed E-state index contributed by atoms with van der Waals surface area (Å²) in [5.74, 6) is 0.354. The van der Waals surface area contributed by atoms with E-state index in [0.717, 1.165) is 12.0 Å². The smallest absolute Gasteiger partial charge is 0.322 e. The molecule has 0 aliphatic rings. The third kappa shape index (κ3) is 10.1. The Labute approximate surface area is 229 Å². The molecule has 0 radical (unpaired) electrons. The van der Waals surface area contributed by atoms with Gasteiger partial charge in [-0.05, 0) is 60.7 Å². The second-order valence-electron chi connectivity index (χ2n) is 9.58. The van der Waals surface area contributed by atoms with Gasteiger partial charge in [0.1, 0.15) is 24.6 Å². The Balaban J connectivity index is 1.68. The van der Waals surface area contributed by atoms with Crippen LogP contribution in [0.15, 0.2) is 84.9 Å². The van der Waals surface area contributed by atoms with Gasteiger partial charge in [0, 0.05) is 18.8 Å². The zero-order valence-corrected chi connectivity index (χ0v) is 22.4. The molecule has 0 atom stereocenters. The standard InChI is InChI=1S/C30H36N4O5/c1-23(2)20-34(21-28(35)32-38)29(36)22-33(19-9-12-24-10-5-3-6-11-24)30(37)31-25-15-17-27(18-16-25)39-26-13-7-4-8-14-26/h3-8,10-11,13-18,23,38H,9,12,19-22H2,1-2H3,(H,31,37)(H,32,35). The summed E-state index contributed by atoms with van der Waals surface area (Å²) in [6, 6.07) is 25.9. The number of aryl methyl sites for hydroxylation is 1. The van der Waals surface area contributed by atoms with Gasteiger partial charge in [-0.15, -0.1) is 0 Å².